The van der Waals surface area contributed by atoms with Gasteiger partial charge in [0.1, 0.15) is 12.4 Å². The fourth-order valence-electron chi connectivity index (χ4n) is 1.78. The third-order valence-electron chi connectivity index (χ3n) is 2.81. The van der Waals surface area contributed by atoms with Crippen molar-refractivity contribution < 1.29 is 9.94 Å². The molecule has 0 aliphatic carbocycles. The lowest BCUT2D eigenvalue weighted by molar-refractivity contribution is 0.305. The Balaban J connectivity index is 2.01. The highest BCUT2D eigenvalue weighted by molar-refractivity contribution is 9.10. The highest BCUT2D eigenvalue weighted by Gasteiger charge is 2.02. The molecule has 1 aromatic heterocycles. The molecule has 1 N–H and O–H groups in total. The summed E-state index contributed by atoms with van der Waals surface area (Å²) in [6.45, 7) is 2.40. The van der Waals surface area contributed by atoms with Crippen LogP contribution in [0.2, 0.25) is 0 Å². The van der Waals surface area contributed by atoms with E-state index in [0.717, 1.165) is 21.3 Å². The Morgan fingerprint density at radius 2 is 2.05 bits per heavy atom. The fourth-order valence-corrected chi connectivity index (χ4v) is 2.19. The van der Waals surface area contributed by atoms with Crippen LogP contribution in [0.1, 0.15) is 24.5 Å². The molecule has 0 unspecified atom stereocenters. The van der Waals surface area contributed by atoms with Crippen LogP contribution in [-0.2, 0) is 6.61 Å². The number of hydrogen-bond donors (Lipinski definition) is 1. The normalized spacial score (nSPS) is 11.4. The van der Waals surface area contributed by atoms with Gasteiger partial charge < -0.3 is 9.94 Å². The van der Waals surface area contributed by atoms with Crippen LogP contribution < -0.4 is 4.74 Å². The van der Waals surface area contributed by atoms with Crippen molar-refractivity contribution in [1.82, 2.24) is 4.98 Å². The van der Waals surface area contributed by atoms with Gasteiger partial charge >= 0.3 is 0 Å². The molecule has 104 valence electrons. The molecule has 2 rings (SSSR count). The van der Waals surface area contributed by atoms with Crippen molar-refractivity contribution in [2.75, 3.05) is 0 Å². The van der Waals surface area contributed by atoms with Crippen LogP contribution in [0, 0.1) is 0 Å². The third kappa shape index (κ3) is 3.81. The molecule has 0 radical (unpaired) electrons. The third-order valence-corrected chi connectivity index (χ3v) is 3.24. The van der Waals surface area contributed by atoms with Gasteiger partial charge in [-0.1, -0.05) is 12.1 Å². The predicted octanol–water partition coefficient (Wildman–Crippen LogP) is 4.01. The molecule has 0 saturated heterocycles. The molecule has 20 heavy (non-hydrogen) atoms. The maximum absolute atomic E-state index is 8.87. The average Bonchev–Trinajstić information content (AvgIpc) is 2.48. The highest BCUT2D eigenvalue weighted by atomic mass is 79.9. The van der Waals surface area contributed by atoms with Crippen LogP contribution in [0.3, 0.4) is 0 Å². The number of pyridine rings is 1. The molecule has 0 bridgehead atoms. The Morgan fingerprint density at radius 3 is 2.65 bits per heavy atom. The molecule has 0 fully saturated rings. The van der Waals surface area contributed by atoms with Crippen molar-refractivity contribution in [3.05, 3.63) is 58.3 Å². The van der Waals surface area contributed by atoms with Crippen LogP contribution in [-0.4, -0.2) is 15.9 Å². The van der Waals surface area contributed by atoms with Gasteiger partial charge in [0.2, 0.25) is 0 Å². The summed E-state index contributed by atoms with van der Waals surface area (Å²) in [5.74, 6) is 0.766. The minimum atomic E-state index is 0.459. The van der Waals surface area contributed by atoms with Crippen LogP contribution in [0.25, 0.3) is 0 Å². The van der Waals surface area contributed by atoms with Crippen LogP contribution in [0.15, 0.2) is 52.4 Å². The smallest absolute Gasteiger partial charge is 0.119 e. The highest BCUT2D eigenvalue weighted by Crippen LogP contribution is 2.16. The van der Waals surface area contributed by atoms with Gasteiger partial charge in [0.15, 0.2) is 0 Å². The lowest BCUT2D eigenvalue weighted by Crippen LogP contribution is -2.00. The zero-order valence-corrected chi connectivity index (χ0v) is 12.7. The van der Waals surface area contributed by atoms with Crippen molar-refractivity contribution >= 4 is 21.6 Å². The zero-order chi connectivity index (χ0) is 14.4. The van der Waals surface area contributed by atoms with E-state index in [9.17, 15) is 0 Å². The van der Waals surface area contributed by atoms with Crippen molar-refractivity contribution in [2.24, 2.45) is 5.16 Å². The second-order valence-electron chi connectivity index (χ2n) is 4.22. The van der Waals surface area contributed by atoms with E-state index in [-0.39, 0.29) is 0 Å². The first-order valence-corrected chi connectivity index (χ1v) is 7.06. The first kappa shape index (κ1) is 14.5. The monoisotopic (exact) mass is 334 g/mol. The topological polar surface area (TPSA) is 54.7 Å². The van der Waals surface area contributed by atoms with E-state index in [1.54, 1.807) is 12.4 Å². The van der Waals surface area contributed by atoms with Gasteiger partial charge in [0.05, 0.1) is 5.71 Å². The molecular formula is C15H15BrN2O2. The maximum atomic E-state index is 8.87. The standard InChI is InChI=1S/C15H15BrN2O2/c1-2-15(18-19)12-3-5-14(6-4-12)20-10-11-7-13(16)9-17-8-11/h3-9,19H,2,10H2,1H3/b18-15-. The zero-order valence-electron chi connectivity index (χ0n) is 11.1. The maximum Gasteiger partial charge on any atom is 0.119 e. The SMILES string of the molecule is CC/C(=N/O)c1ccc(OCc2cncc(Br)c2)cc1. The molecule has 4 nitrogen and oxygen atoms in total. The van der Waals surface area contributed by atoms with E-state index in [1.807, 2.05) is 37.3 Å². The summed E-state index contributed by atoms with van der Waals surface area (Å²) in [5, 5.41) is 12.1. The van der Waals surface area contributed by atoms with E-state index < -0.39 is 0 Å². The van der Waals surface area contributed by atoms with Gasteiger partial charge in [-0.25, -0.2) is 0 Å². The van der Waals surface area contributed by atoms with Crippen molar-refractivity contribution in [2.45, 2.75) is 20.0 Å². The van der Waals surface area contributed by atoms with E-state index in [0.29, 0.717) is 18.7 Å². The number of ether oxygens (including phenoxy) is 1. The average molecular weight is 335 g/mol. The first-order valence-electron chi connectivity index (χ1n) is 6.26. The van der Waals surface area contributed by atoms with Crippen molar-refractivity contribution in [3.63, 3.8) is 0 Å². The summed E-state index contributed by atoms with van der Waals surface area (Å²) in [5.41, 5.74) is 2.55. The number of rotatable bonds is 5. The molecule has 1 heterocycles. The molecule has 0 aliphatic rings. The summed E-state index contributed by atoms with van der Waals surface area (Å²) >= 11 is 3.37. The van der Waals surface area contributed by atoms with E-state index >= 15 is 0 Å². The van der Waals surface area contributed by atoms with Gasteiger partial charge in [-0.15, -0.1) is 0 Å². The molecular weight excluding hydrogens is 320 g/mol. The molecule has 0 spiro atoms. The largest absolute Gasteiger partial charge is 0.489 e. The van der Waals surface area contributed by atoms with Gasteiger partial charge in [0.25, 0.3) is 0 Å². The molecule has 0 atom stereocenters. The van der Waals surface area contributed by atoms with Crippen LogP contribution in [0.4, 0.5) is 0 Å². The van der Waals surface area contributed by atoms with Crippen molar-refractivity contribution in [1.29, 1.82) is 0 Å². The minimum absolute atomic E-state index is 0.459. The lowest BCUT2D eigenvalue weighted by Gasteiger charge is -2.07. The molecule has 5 heteroatoms. The number of halogens is 1. The Hall–Kier alpha value is -1.88. The number of aromatic nitrogens is 1. The van der Waals surface area contributed by atoms with E-state index in [1.165, 1.54) is 0 Å². The van der Waals surface area contributed by atoms with Gasteiger partial charge in [0, 0.05) is 22.4 Å². The summed E-state index contributed by atoms with van der Waals surface area (Å²) < 4.78 is 6.62. The Bertz CT molecular complexity index is 597. The van der Waals surface area contributed by atoms with Crippen LogP contribution >= 0.6 is 15.9 Å². The Morgan fingerprint density at radius 1 is 1.30 bits per heavy atom. The molecule has 0 amide bonds. The fraction of sp³-hybridized carbons (Fsp3) is 0.200. The number of nitrogens with zero attached hydrogens (tertiary/aromatic N) is 2. The lowest BCUT2D eigenvalue weighted by atomic mass is 10.1. The first-order chi connectivity index (χ1) is 9.72. The van der Waals surface area contributed by atoms with Gasteiger partial charge in [-0.05, 0) is 58.2 Å². The number of hydrogen-bond acceptors (Lipinski definition) is 4. The Labute approximate surface area is 126 Å². The summed E-state index contributed by atoms with van der Waals surface area (Å²) in [7, 11) is 0. The molecule has 1 aromatic carbocycles. The molecule has 2 aromatic rings. The Kier molecular flexibility index (Phi) is 5.12. The van der Waals surface area contributed by atoms with Crippen LogP contribution in [0.5, 0.6) is 5.75 Å². The quantitative estimate of drug-likeness (QED) is 0.510. The summed E-state index contributed by atoms with van der Waals surface area (Å²) in [6.07, 6.45) is 4.19. The number of oxime groups is 1. The molecule has 0 aliphatic heterocycles. The van der Waals surface area contributed by atoms with E-state index in [4.69, 9.17) is 9.94 Å². The van der Waals surface area contributed by atoms with E-state index in [2.05, 4.69) is 26.1 Å². The molecule has 0 saturated carbocycles. The van der Waals surface area contributed by atoms with Gasteiger partial charge in [-0.2, -0.15) is 0 Å². The minimum Gasteiger partial charge on any atom is -0.489 e. The van der Waals surface area contributed by atoms with Gasteiger partial charge in [-0.3, -0.25) is 4.98 Å². The summed E-state index contributed by atoms with van der Waals surface area (Å²) in [4.78, 5) is 4.09. The predicted molar refractivity (Wildman–Crippen MR) is 81.3 cm³/mol. The number of benzene rings is 1. The van der Waals surface area contributed by atoms with Crippen molar-refractivity contribution in [3.8, 4) is 5.75 Å². The summed E-state index contributed by atoms with van der Waals surface area (Å²) in [6, 6.07) is 9.46. The second kappa shape index (κ2) is 7.05. The second-order valence-corrected chi connectivity index (χ2v) is 5.14.